The number of anilines is 1. The molecule has 0 unspecified atom stereocenters. The lowest BCUT2D eigenvalue weighted by molar-refractivity contribution is 0.102. The first-order valence-electron chi connectivity index (χ1n) is 9.43. The van der Waals surface area contributed by atoms with Crippen molar-refractivity contribution >= 4 is 22.4 Å². The highest BCUT2D eigenvalue weighted by molar-refractivity contribution is 7.15. The maximum Gasteiger partial charge on any atom is 0.279 e. The molecule has 0 aliphatic rings. The quantitative estimate of drug-likeness (QED) is 0.507. The summed E-state index contributed by atoms with van der Waals surface area (Å²) in [6, 6.07) is 17.5. The molecule has 0 saturated carbocycles. The van der Waals surface area contributed by atoms with Crippen molar-refractivity contribution in [2.45, 2.75) is 20.3 Å². The van der Waals surface area contributed by atoms with E-state index in [0.29, 0.717) is 10.8 Å². The average Bonchev–Trinajstić information content (AvgIpc) is 3.31. The lowest BCUT2D eigenvalue weighted by Crippen LogP contribution is -2.14. The van der Waals surface area contributed by atoms with E-state index < -0.39 is 0 Å². The Labute approximate surface area is 178 Å². The maximum atomic E-state index is 12.8. The van der Waals surface area contributed by atoms with Gasteiger partial charge in [0.25, 0.3) is 5.91 Å². The summed E-state index contributed by atoms with van der Waals surface area (Å²) in [4.78, 5) is 18.4. The van der Waals surface area contributed by atoms with E-state index in [4.69, 9.17) is 4.74 Å². The van der Waals surface area contributed by atoms with Gasteiger partial charge in [0.2, 0.25) is 0 Å². The summed E-state index contributed by atoms with van der Waals surface area (Å²) in [5, 5.41) is 11.6. The van der Waals surface area contributed by atoms with E-state index in [1.807, 2.05) is 68.4 Å². The van der Waals surface area contributed by atoms with Gasteiger partial charge in [-0.2, -0.15) is 0 Å². The minimum absolute atomic E-state index is 0.281. The fourth-order valence-electron chi connectivity index (χ4n) is 3.08. The molecule has 0 atom stereocenters. The number of methoxy groups -OCH3 is 1. The number of ether oxygens (including phenoxy) is 1. The van der Waals surface area contributed by atoms with Crippen molar-refractivity contribution in [1.82, 2.24) is 20.0 Å². The van der Waals surface area contributed by atoms with Gasteiger partial charge in [0, 0.05) is 11.3 Å². The van der Waals surface area contributed by atoms with Gasteiger partial charge in [0.05, 0.1) is 24.2 Å². The monoisotopic (exact) mass is 419 g/mol. The Morgan fingerprint density at radius 1 is 1.10 bits per heavy atom. The Balaban J connectivity index is 1.49. The van der Waals surface area contributed by atoms with E-state index in [1.54, 1.807) is 11.8 Å². The molecule has 0 saturated heterocycles. The molecule has 0 aliphatic heterocycles. The Bertz CT molecular complexity index is 1170. The predicted molar refractivity (Wildman–Crippen MR) is 117 cm³/mol. The number of thiazole rings is 1. The summed E-state index contributed by atoms with van der Waals surface area (Å²) >= 11 is 1.47. The molecule has 4 rings (SSSR count). The van der Waals surface area contributed by atoms with Crippen molar-refractivity contribution in [2.75, 3.05) is 12.4 Å². The number of carbonyl (C=O) groups excluding carboxylic acids is 1. The molecule has 0 bridgehead atoms. The van der Waals surface area contributed by atoms with Crippen molar-refractivity contribution in [3.63, 3.8) is 0 Å². The first-order chi connectivity index (χ1) is 14.5. The molecule has 4 aromatic rings. The number of nitrogens with zero attached hydrogens (tertiary/aromatic N) is 4. The molecule has 0 fully saturated rings. The zero-order valence-corrected chi connectivity index (χ0v) is 17.7. The van der Waals surface area contributed by atoms with E-state index in [2.05, 4.69) is 20.6 Å². The molecule has 2 aromatic carbocycles. The van der Waals surface area contributed by atoms with E-state index in [1.165, 1.54) is 11.3 Å². The molecule has 1 N–H and O–H groups in total. The maximum absolute atomic E-state index is 12.8. The number of benzene rings is 2. The van der Waals surface area contributed by atoms with E-state index in [-0.39, 0.29) is 11.6 Å². The molecule has 1 amide bonds. The van der Waals surface area contributed by atoms with E-state index >= 15 is 0 Å². The minimum atomic E-state index is -0.320. The second kappa shape index (κ2) is 8.46. The highest BCUT2D eigenvalue weighted by Crippen LogP contribution is 2.26. The summed E-state index contributed by atoms with van der Waals surface area (Å²) in [5.41, 5.74) is 3.86. The first-order valence-corrected chi connectivity index (χ1v) is 10.2. The van der Waals surface area contributed by atoms with Crippen LogP contribution in [-0.4, -0.2) is 33.0 Å². The topological polar surface area (TPSA) is 81.9 Å². The van der Waals surface area contributed by atoms with Crippen molar-refractivity contribution in [3.05, 3.63) is 82.1 Å². The number of carbonyl (C=O) groups is 1. The number of para-hydroxylation sites is 1. The lowest BCUT2D eigenvalue weighted by atomic mass is 10.1. The zero-order chi connectivity index (χ0) is 21.1. The Morgan fingerprint density at radius 3 is 2.53 bits per heavy atom. The third-order valence-corrected chi connectivity index (χ3v) is 5.82. The van der Waals surface area contributed by atoms with Crippen LogP contribution in [0.5, 0.6) is 5.75 Å². The van der Waals surface area contributed by atoms with Crippen LogP contribution in [0.15, 0.2) is 54.6 Å². The Kier molecular flexibility index (Phi) is 5.58. The van der Waals surface area contributed by atoms with Crippen LogP contribution in [0.4, 0.5) is 5.13 Å². The van der Waals surface area contributed by atoms with Gasteiger partial charge in [0.15, 0.2) is 10.8 Å². The molecule has 30 heavy (non-hydrogen) atoms. The minimum Gasteiger partial charge on any atom is -0.497 e. The van der Waals surface area contributed by atoms with Crippen LogP contribution < -0.4 is 10.1 Å². The Morgan fingerprint density at radius 2 is 1.83 bits per heavy atom. The van der Waals surface area contributed by atoms with Gasteiger partial charge >= 0.3 is 0 Å². The highest BCUT2D eigenvalue weighted by Gasteiger charge is 2.19. The predicted octanol–water partition coefficient (Wildman–Crippen LogP) is 4.19. The van der Waals surface area contributed by atoms with Crippen LogP contribution in [0.2, 0.25) is 0 Å². The smallest absolute Gasteiger partial charge is 0.279 e. The van der Waals surface area contributed by atoms with Crippen LogP contribution in [0.25, 0.3) is 5.69 Å². The zero-order valence-electron chi connectivity index (χ0n) is 16.9. The second-order valence-corrected chi connectivity index (χ2v) is 7.86. The van der Waals surface area contributed by atoms with Gasteiger partial charge in [-0.3, -0.25) is 10.1 Å². The summed E-state index contributed by atoms with van der Waals surface area (Å²) < 4.78 is 6.85. The Hall–Kier alpha value is -3.52. The molecule has 0 radical (unpaired) electrons. The number of nitrogens with one attached hydrogen (secondary N) is 1. The number of aryl methyl sites for hydroxylation is 1. The van der Waals surface area contributed by atoms with Crippen molar-refractivity contribution in [3.8, 4) is 11.4 Å². The summed E-state index contributed by atoms with van der Waals surface area (Å²) in [7, 11) is 1.65. The molecular formula is C22H21N5O2S. The van der Waals surface area contributed by atoms with Crippen LogP contribution in [0.3, 0.4) is 0 Å². The van der Waals surface area contributed by atoms with Gasteiger partial charge in [-0.05, 0) is 43.7 Å². The standard InChI is InChI=1S/C22H21N5O2S/c1-14-19(13-16-9-11-18(29-3)12-10-16)30-22(23-14)24-21(28)20-15(2)27(26-25-20)17-7-5-4-6-8-17/h4-12H,13H2,1-3H3,(H,23,24,28). The molecule has 8 heteroatoms. The van der Waals surface area contributed by atoms with Gasteiger partial charge in [0.1, 0.15) is 5.75 Å². The van der Waals surface area contributed by atoms with Crippen LogP contribution >= 0.6 is 11.3 Å². The SMILES string of the molecule is COc1ccc(Cc2sc(NC(=O)c3nnn(-c4ccccc4)c3C)nc2C)cc1. The van der Waals surface area contributed by atoms with E-state index in [0.717, 1.165) is 34.0 Å². The van der Waals surface area contributed by atoms with Gasteiger partial charge < -0.3 is 4.74 Å². The van der Waals surface area contributed by atoms with Crippen LogP contribution in [0.1, 0.15) is 32.3 Å². The molecule has 7 nitrogen and oxygen atoms in total. The molecule has 152 valence electrons. The van der Waals surface area contributed by atoms with Crippen molar-refractivity contribution in [1.29, 1.82) is 0 Å². The van der Waals surface area contributed by atoms with Gasteiger partial charge in [-0.1, -0.05) is 35.5 Å². The van der Waals surface area contributed by atoms with Gasteiger partial charge in [-0.15, -0.1) is 16.4 Å². The van der Waals surface area contributed by atoms with Crippen LogP contribution in [-0.2, 0) is 6.42 Å². The molecule has 0 spiro atoms. The summed E-state index contributed by atoms with van der Waals surface area (Å²) in [6.07, 6.45) is 0.743. The van der Waals surface area contributed by atoms with Crippen molar-refractivity contribution in [2.24, 2.45) is 0 Å². The highest BCUT2D eigenvalue weighted by atomic mass is 32.1. The largest absolute Gasteiger partial charge is 0.497 e. The first kappa shape index (κ1) is 19.8. The third-order valence-electron chi connectivity index (χ3n) is 4.75. The average molecular weight is 420 g/mol. The second-order valence-electron chi connectivity index (χ2n) is 6.78. The normalized spacial score (nSPS) is 10.8. The number of amides is 1. The third kappa shape index (κ3) is 4.08. The van der Waals surface area contributed by atoms with Crippen molar-refractivity contribution < 1.29 is 9.53 Å². The van der Waals surface area contributed by atoms with E-state index in [9.17, 15) is 4.79 Å². The van der Waals surface area contributed by atoms with Crippen LogP contribution in [0, 0.1) is 13.8 Å². The number of rotatable bonds is 6. The molecule has 0 aliphatic carbocycles. The fourth-order valence-corrected chi connectivity index (χ4v) is 4.08. The summed E-state index contributed by atoms with van der Waals surface area (Å²) in [5.74, 6) is 0.506. The number of hydrogen-bond acceptors (Lipinski definition) is 6. The molecule has 2 aromatic heterocycles. The summed E-state index contributed by atoms with van der Waals surface area (Å²) in [6.45, 7) is 3.77. The van der Waals surface area contributed by atoms with Gasteiger partial charge in [-0.25, -0.2) is 9.67 Å². The lowest BCUT2D eigenvalue weighted by Gasteiger charge is -2.03. The molecule has 2 heterocycles. The molecular weight excluding hydrogens is 398 g/mol. The fraction of sp³-hybridized carbons (Fsp3) is 0.182. The number of hydrogen-bond donors (Lipinski definition) is 1. The number of aromatic nitrogens is 4.